The molecule has 0 aromatic heterocycles. The van der Waals surface area contributed by atoms with Gasteiger partial charge in [-0.25, -0.2) is 4.99 Å². The molecule has 1 aliphatic rings. The third kappa shape index (κ3) is 10.5. The monoisotopic (exact) mass is 661 g/mol. The van der Waals surface area contributed by atoms with Gasteiger partial charge in [0.25, 0.3) is 5.91 Å². The van der Waals surface area contributed by atoms with Crippen LogP contribution < -0.4 is 10.6 Å². The Hall–Kier alpha value is -3.61. The van der Waals surface area contributed by atoms with E-state index >= 15 is 0 Å². The van der Waals surface area contributed by atoms with Crippen LogP contribution >= 0.6 is 11.6 Å². The van der Waals surface area contributed by atoms with E-state index in [2.05, 4.69) is 15.6 Å². The summed E-state index contributed by atoms with van der Waals surface area (Å²) in [6.45, 7) is 6.15. The quantitative estimate of drug-likeness (QED) is 0.205. The van der Waals surface area contributed by atoms with Gasteiger partial charge in [-0.2, -0.15) is 26.3 Å². The third-order valence-corrected chi connectivity index (χ3v) is 7.16. The van der Waals surface area contributed by atoms with E-state index in [4.69, 9.17) is 16.3 Å². The summed E-state index contributed by atoms with van der Waals surface area (Å²) in [5, 5.41) is 5.35. The first-order valence-electron chi connectivity index (χ1n) is 14.2. The lowest BCUT2D eigenvalue weighted by molar-refractivity contribution is -0.171. The molecule has 1 heterocycles. The molecule has 3 unspecified atom stereocenters. The molecule has 0 saturated heterocycles. The number of benzodiazepines with no additional fused rings is 1. The lowest BCUT2D eigenvalue weighted by Gasteiger charge is -2.30. The normalized spacial score (nSPS) is 16.9. The van der Waals surface area contributed by atoms with Crippen LogP contribution in [-0.2, 0) is 25.5 Å². The highest BCUT2D eigenvalue weighted by molar-refractivity contribution is 6.31. The Labute approximate surface area is 261 Å². The van der Waals surface area contributed by atoms with Gasteiger partial charge in [-0.3, -0.25) is 14.4 Å². The number of para-hydroxylation sites is 1. The number of nitrogens with zero attached hydrogens (tertiary/aromatic N) is 1. The van der Waals surface area contributed by atoms with E-state index in [9.17, 15) is 40.7 Å². The summed E-state index contributed by atoms with van der Waals surface area (Å²) in [7, 11) is 0. The number of alkyl halides is 6. The maximum atomic E-state index is 13.7. The van der Waals surface area contributed by atoms with Gasteiger partial charge < -0.3 is 15.4 Å². The fraction of sp³-hybridized carbons (Fsp3) is 0.484. The van der Waals surface area contributed by atoms with Crippen LogP contribution in [0.15, 0.2) is 47.5 Å². The first-order chi connectivity index (χ1) is 20.8. The van der Waals surface area contributed by atoms with Gasteiger partial charge in [0.05, 0.1) is 23.2 Å². The summed E-state index contributed by atoms with van der Waals surface area (Å²) in [4.78, 5) is 44.6. The van der Waals surface area contributed by atoms with Gasteiger partial charge in [-0.1, -0.05) is 48.9 Å². The minimum atomic E-state index is -4.79. The lowest BCUT2D eigenvalue weighted by atomic mass is 9.83. The SMILES string of the molecule is CCc1cccc2c1NC(=O)C(NC(=O)C(CCC(F)(F)F)C(CCC(F)(F)F)C(=O)OC(C)(C)C)N=C2c1cccc(Cl)c1. The molecular formula is C31H34ClF6N3O4. The van der Waals surface area contributed by atoms with Crippen LogP contribution in [0.1, 0.15) is 70.1 Å². The predicted octanol–water partition coefficient (Wildman–Crippen LogP) is 7.39. The van der Waals surface area contributed by atoms with Crippen molar-refractivity contribution in [2.45, 2.75) is 83.9 Å². The predicted molar refractivity (Wildman–Crippen MR) is 157 cm³/mol. The number of esters is 1. The van der Waals surface area contributed by atoms with Gasteiger partial charge in [0.15, 0.2) is 0 Å². The highest BCUT2D eigenvalue weighted by atomic mass is 35.5. The molecular weight excluding hydrogens is 628 g/mol. The summed E-state index contributed by atoms with van der Waals surface area (Å²) in [5.74, 6) is -7.20. The number of ether oxygens (including phenoxy) is 1. The average molecular weight is 662 g/mol. The van der Waals surface area contributed by atoms with Crippen molar-refractivity contribution in [3.05, 3.63) is 64.2 Å². The maximum Gasteiger partial charge on any atom is 0.389 e. The molecule has 2 aromatic rings. The molecule has 246 valence electrons. The molecule has 0 radical (unpaired) electrons. The fourth-order valence-electron chi connectivity index (χ4n) is 4.91. The molecule has 45 heavy (non-hydrogen) atoms. The number of aliphatic imine (C=N–C) groups is 1. The standard InChI is InChI=1S/C31H34ClF6N3O4/c1-5-17-8-7-11-22-23(17)40-27(43)25(39-24(22)18-9-6-10-19(32)16-18)41-26(42)20(12-14-30(33,34)35)21(13-15-31(36,37)38)28(44)45-29(2,3)4/h6-11,16,20-21,25H,5,12-15H2,1-4H3,(H,40,43)(H,41,42). The number of hydrogen-bond donors (Lipinski definition) is 2. The largest absolute Gasteiger partial charge is 0.460 e. The van der Waals surface area contributed by atoms with Crippen molar-refractivity contribution in [1.82, 2.24) is 5.32 Å². The molecule has 1 aliphatic heterocycles. The molecule has 3 rings (SSSR count). The van der Waals surface area contributed by atoms with Gasteiger partial charge in [-0.05, 0) is 57.7 Å². The number of carbonyl (C=O) groups excluding carboxylic acids is 3. The Bertz CT molecular complexity index is 1440. The number of rotatable bonds is 10. The Morgan fingerprint density at radius 1 is 0.978 bits per heavy atom. The number of halogens is 7. The maximum absolute atomic E-state index is 13.7. The third-order valence-electron chi connectivity index (χ3n) is 6.93. The zero-order valence-corrected chi connectivity index (χ0v) is 25.8. The van der Waals surface area contributed by atoms with Crippen molar-refractivity contribution in [1.29, 1.82) is 0 Å². The number of fused-ring (bicyclic) bond motifs is 1. The van der Waals surface area contributed by atoms with E-state index in [1.54, 1.807) is 42.5 Å². The number of aryl methyl sites for hydroxylation is 1. The molecule has 3 atom stereocenters. The smallest absolute Gasteiger partial charge is 0.389 e. The number of benzene rings is 2. The van der Waals surface area contributed by atoms with Crippen LogP contribution in [-0.4, -0.2) is 47.6 Å². The molecule has 0 fully saturated rings. The zero-order chi connectivity index (χ0) is 33.7. The Morgan fingerprint density at radius 2 is 1.58 bits per heavy atom. The van der Waals surface area contributed by atoms with Crippen molar-refractivity contribution >= 4 is 40.8 Å². The highest BCUT2D eigenvalue weighted by Gasteiger charge is 2.42. The second-order valence-electron chi connectivity index (χ2n) is 11.6. The molecule has 2 amide bonds. The molecule has 2 aromatic carbocycles. The Balaban J connectivity index is 2.08. The summed E-state index contributed by atoms with van der Waals surface area (Å²) in [6.07, 6.45) is -16.0. The Kier molecular flexibility index (Phi) is 11.3. The van der Waals surface area contributed by atoms with E-state index in [0.29, 0.717) is 28.3 Å². The molecule has 0 aliphatic carbocycles. The van der Waals surface area contributed by atoms with Crippen molar-refractivity contribution in [3.8, 4) is 0 Å². The average Bonchev–Trinajstić information content (AvgIpc) is 3.04. The number of hydrogen-bond acceptors (Lipinski definition) is 5. The molecule has 0 saturated carbocycles. The molecule has 7 nitrogen and oxygen atoms in total. The Morgan fingerprint density at radius 3 is 2.13 bits per heavy atom. The van der Waals surface area contributed by atoms with E-state index < -0.39 is 79.4 Å². The second-order valence-corrected chi connectivity index (χ2v) is 12.1. The second kappa shape index (κ2) is 14.2. The van der Waals surface area contributed by atoms with Gasteiger partial charge >= 0.3 is 18.3 Å². The minimum Gasteiger partial charge on any atom is -0.460 e. The van der Waals surface area contributed by atoms with Crippen LogP contribution in [0.4, 0.5) is 32.0 Å². The van der Waals surface area contributed by atoms with Gasteiger partial charge in [-0.15, -0.1) is 0 Å². The minimum absolute atomic E-state index is 0.221. The summed E-state index contributed by atoms with van der Waals surface area (Å²) < 4.78 is 84.9. The first kappa shape index (κ1) is 35.9. The highest BCUT2D eigenvalue weighted by Crippen LogP contribution is 2.35. The summed E-state index contributed by atoms with van der Waals surface area (Å²) >= 11 is 6.20. The van der Waals surface area contributed by atoms with Crippen molar-refractivity contribution in [2.75, 3.05) is 5.32 Å². The van der Waals surface area contributed by atoms with E-state index in [1.807, 2.05) is 6.92 Å². The lowest BCUT2D eigenvalue weighted by Crippen LogP contribution is -2.48. The van der Waals surface area contributed by atoms with Crippen LogP contribution in [0.5, 0.6) is 0 Å². The molecule has 0 spiro atoms. The molecule has 0 bridgehead atoms. The number of carbonyl (C=O) groups is 3. The topological polar surface area (TPSA) is 96.9 Å². The van der Waals surface area contributed by atoms with Crippen molar-refractivity contribution in [2.24, 2.45) is 16.8 Å². The zero-order valence-electron chi connectivity index (χ0n) is 25.0. The van der Waals surface area contributed by atoms with E-state index in [1.165, 1.54) is 20.8 Å². The van der Waals surface area contributed by atoms with Gasteiger partial charge in [0.2, 0.25) is 12.1 Å². The molecule has 14 heteroatoms. The number of anilines is 1. The summed E-state index contributed by atoms with van der Waals surface area (Å²) in [6, 6.07) is 11.7. The van der Waals surface area contributed by atoms with Gasteiger partial charge in [0.1, 0.15) is 5.60 Å². The van der Waals surface area contributed by atoms with Crippen LogP contribution in [0.3, 0.4) is 0 Å². The number of amides is 2. The summed E-state index contributed by atoms with van der Waals surface area (Å²) in [5.41, 5.74) is 1.07. The van der Waals surface area contributed by atoms with Gasteiger partial charge in [0, 0.05) is 29.0 Å². The van der Waals surface area contributed by atoms with E-state index in [-0.39, 0.29) is 5.71 Å². The fourth-order valence-corrected chi connectivity index (χ4v) is 5.10. The molecule has 2 N–H and O–H groups in total. The van der Waals surface area contributed by atoms with Crippen LogP contribution in [0.2, 0.25) is 5.02 Å². The van der Waals surface area contributed by atoms with Crippen molar-refractivity contribution in [3.63, 3.8) is 0 Å². The first-order valence-corrected chi connectivity index (χ1v) is 14.6. The van der Waals surface area contributed by atoms with Crippen LogP contribution in [0, 0.1) is 11.8 Å². The van der Waals surface area contributed by atoms with Crippen LogP contribution in [0.25, 0.3) is 0 Å². The van der Waals surface area contributed by atoms with Crippen molar-refractivity contribution < 1.29 is 45.5 Å². The number of nitrogens with one attached hydrogen (secondary N) is 2. The van der Waals surface area contributed by atoms with E-state index in [0.717, 1.165) is 5.56 Å².